The van der Waals surface area contributed by atoms with Crippen molar-refractivity contribution in [3.05, 3.63) is 71.8 Å². The lowest BCUT2D eigenvalue weighted by Crippen LogP contribution is -1.90. The highest BCUT2D eigenvalue weighted by Crippen LogP contribution is 2.41. The van der Waals surface area contributed by atoms with E-state index in [1.54, 1.807) is 0 Å². The molecule has 0 aliphatic carbocycles. The summed E-state index contributed by atoms with van der Waals surface area (Å²) in [7, 11) is 0. The van der Waals surface area contributed by atoms with Crippen LogP contribution in [0.4, 0.5) is 0 Å². The Hall–Kier alpha value is -2.60. The van der Waals surface area contributed by atoms with Crippen LogP contribution >= 0.6 is 0 Å². The summed E-state index contributed by atoms with van der Waals surface area (Å²) in [6.45, 7) is 4.45. The SMILES string of the molecule is CCc1ccc2c3cccc4c(C)ccc(c5cccc1c52)c43. The third-order valence-electron chi connectivity index (χ3n) is 5.35. The van der Waals surface area contributed by atoms with Gasteiger partial charge in [0.1, 0.15) is 0 Å². The van der Waals surface area contributed by atoms with Gasteiger partial charge in [-0.25, -0.2) is 0 Å². The summed E-state index contributed by atoms with van der Waals surface area (Å²) in [5, 5.41) is 11.2. The van der Waals surface area contributed by atoms with Crippen LogP contribution in [-0.4, -0.2) is 0 Å². The molecule has 0 aliphatic heterocycles. The summed E-state index contributed by atoms with van der Waals surface area (Å²) in [5.41, 5.74) is 2.79. The molecule has 5 aromatic rings. The Morgan fingerprint density at radius 3 is 1.78 bits per heavy atom. The van der Waals surface area contributed by atoms with Crippen LogP contribution in [0.3, 0.4) is 0 Å². The maximum Gasteiger partial charge on any atom is -0.00236 e. The molecule has 0 saturated heterocycles. The zero-order valence-electron chi connectivity index (χ0n) is 13.5. The van der Waals surface area contributed by atoms with Crippen molar-refractivity contribution in [3.8, 4) is 0 Å². The number of hydrogen-bond acceptors (Lipinski definition) is 0. The Morgan fingerprint density at radius 1 is 0.565 bits per heavy atom. The average molecular weight is 294 g/mol. The summed E-state index contributed by atoms with van der Waals surface area (Å²) in [6, 6.07) is 22.7. The van der Waals surface area contributed by atoms with Crippen LogP contribution in [0.5, 0.6) is 0 Å². The first-order valence-corrected chi connectivity index (χ1v) is 8.37. The number of benzene rings is 5. The first-order chi connectivity index (χ1) is 11.3. The molecule has 0 heteroatoms. The van der Waals surface area contributed by atoms with E-state index in [0.29, 0.717) is 0 Å². The summed E-state index contributed by atoms with van der Waals surface area (Å²) in [6.07, 6.45) is 1.07. The van der Waals surface area contributed by atoms with Crippen LogP contribution in [0.2, 0.25) is 0 Å². The van der Waals surface area contributed by atoms with Gasteiger partial charge in [-0.05, 0) is 67.6 Å². The first kappa shape index (κ1) is 12.9. The number of hydrogen-bond donors (Lipinski definition) is 0. The molecule has 0 spiro atoms. The van der Waals surface area contributed by atoms with Crippen LogP contribution in [-0.2, 0) is 6.42 Å². The molecule has 0 aliphatic rings. The second-order valence-corrected chi connectivity index (χ2v) is 6.51. The number of fused-ring (bicyclic) bond motifs is 2. The minimum absolute atomic E-state index is 1.07. The highest BCUT2D eigenvalue weighted by molar-refractivity contribution is 6.33. The maximum atomic E-state index is 2.32. The molecule has 0 aromatic heterocycles. The van der Waals surface area contributed by atoms with Crippen molar-refractivity contribution >= 4 is 43.1 Å². The molecule has 0 heterocycles. The van der Waals surface area contributed by atoms with E-state index in [-0.39, 0.29) is 0 Å². The standard InChI is InChI=1S/C23H18/c1-3-15-11-13-21-18-8-4-6-16-14(2)10-12-20(22(16)18)19-9-5-7-17(15)23(19)21/h4-13H,3H2,1-2H3. The van der Waals surface area contributed by atoms with Crippen molar-refractivity contribution in [2.24, 2.45) is 0 Å². The van der Waals surface area contributed by atoms with E-state index >= 15 is 0 Å². The van der Waals surface area contributed by atoms with Gasteiger partial charge < -0.3 is 0 Å². The number of aryl methyl sites for hydroxylation is 2. The Labute approximate surface area is 135 Å². The van der Waals surface area contributed by atoms with Gasteiger partial charge in [0, 0.05) is 0 Å². The van der Waals surface area contributed by atoms with Crippen LogP contribution in [0, 0.1) is 6.92 Å². The van der Waals surface area contributed by atoms with Gasteiger partial charge in [-0.3, -0.25) is 0 Å². The van der Waals surface area contributed by atoms with Gasteiger partial charge in [-0.15, -0.1) is 0 Å². The van der Waals surface area contributed by atoms with E-state index in [9.17, 15) is 0 Å². The van der Waals surface area contributed by atoms with Gasteiger partial charge in [0.25, 0.3) is 0 Å². The van der Waals surface area contributed by atoms with E-state index < -0.39 is 0 Å². The molecular weight excluding hydrogens is 276 g/mol. The molecular formula is C23H18. The largest absolute Gasteiger partial charge is 0.0613 e. The van der Waals surface area contributed by atoms with Gasteiger partial charge in [0.15, 0.2) is 0 Å². The fourth-order valence-electron chi connectivity index (χ4n) is 4.23. The molecule has 5 rings (SSSR count). The predicted molar refractivity (Wildman–Crippen MR) is 102 cm³/mol. The topological polar surface area (TPSA) is 0 Å². The van der Waals surface area contributed by atoms with Crippen LogP contribution in [0.1, 0.15) is 18.1 Å². The summed E-state index contributed by atoms with van der Waals surface area (Å²) in [4.78, 5) is 0. The Bertz CT molecular complexity index is 1170. The first-order valence-electron chi connectivity index (χ1n) is 8.37. The lowest BCUT2D eigenvalue weighted by atomic mass is 9.87. The molecule has 0 atom stereocenters. The van der Waals surface area contributed by atoms with Crippen LogP contribution in [0.25, 0.3) is 43.1 Å². The van der Waals surface area contributed by atoms with E-state index in [0.717, 1.165) is 6.42 Å². The third kappa shape index (κ3) is 1.56. The zero-order chi connectivity index (χ0) is 15.6. The van der Waals surface area contributed by atoms with Crippen molar-refractivity contribution in [2.45, 2.75) is 20.3 Å². The van der Waals surface area contributed by atoms with Gasteiger partial charge in [-0.2, -0.15) is 0 Å². The van der Waals surface area contributed by atoms with Crippen molar-refractivity contribution < 1.29 is 0 Å². The average Bonchev–Trinajstić information content (AvgIpc) is 2.60. The fraction of sp³-hybridized carbons (Fsp3) is 0.130. The molecule has 0 bridgehead atoms. The van der Waals surface area contributed by atoms with Gasteiger partial charge in [0.2, 0.25) is 0 Å². The maximum absolute atomic E-state index is 2.32. The zero-order valence-corrected chi connectivity index (χ0v) is 13.5. The molecule has 0 radical (unpaired) electrons. The van der Waals surface area contributed by atoms with E-state index in [1.165, 1.54) is 54.2 Å². The molecule has 0 saturated carbocycles. The Balaban J connectivity index is 2.22. The summed E-state index contributed by atoms with van der Waals surface area (Å²) >= 11 is 0. The smallest absolute Gasteiger partial charge is 0.00236 e. The molecule has 0 fully saturated rings. The van der Waals surface area contributed by atoms with Crippen LogP contribution in [0.15, 0.2) is 60.7 Å². The lowest BCUT2D eigenvalue weighted by molar-refractivity contribution is 1.16. The molecule has 23 heavy (non-hydrogen) atoms. The highest BCUT2D eigenvalue weighted by Gasteiger charge is 2.14. The molecule has 0 unspecified atom stereocenters. The summed E-state index contributed by atoms with van der Waals surface area (Å²) in [5.74, 6) is 0. The monoisotopic (exact) mass is 294 g/mol. The van der Waals surface area contributed by atoms with Gasteiger partial charge in [-0.1, -0.05) is 67.6 Å². The molecule has 0 N–H and O–H groups in total. The second kappa shape index (κ2) is 4.45. The quantitative estimate of drug-likeness (QED) is 0.241. The van der Waals surface area contributed by atoms with Crippen molar-refractivity contribution in [1.29, 1.82) is 0 Å². The van der Waals surface area contributed by atoms with E-state index in [1.807, 2.05) is 0 Å². The van der Waals surface area contributed by atoms with E-state index in [2.05, 4.69) is 74.5 Å². The van der Waals surface area contributed by atoms with E-state index in [4.69, 9.17) is 0 Å². The number of rotatable bonds is 1. The molecule has 0 nitrogen and oxygen atoms in total. The highest BCUT2D eigenvalue weighted by atomic mass is 14.2. The Kier molecular flexibility index (Phi) is 2.50. The molecule has 110 valence electrons. The lowest BCUT2D eigenvalue weighted by Gasteiger charge is -2.16. The van der Waals surface area contributed by atoms with Crippen molar-refractivity contribution in [2.75, 3.05) is 0 Å². The normalized spacial score (nSPS) is 12.1. The second-order valence-electron chi connectivity index (χ2n) is 6.51. The van der Waals surface area contributed by atoms with Crippen molar-refractivity contribution in [3.63, 3.8) is 0 Å². The van der Waals surface area contributed by atoms with Crippen molar-refractivity contribution in [1.82, 2.24) is 0 Å². The Morgan fingerprint density at radius 2 is 1.09 bits per heavy atom. The molecule has 5 aromatic carbocycles. The third-order valence-corrected chi connectivity index (χ3v) is 5.35. The molecule has 0 amide bonds. The minimum Gasteiger partial charge on any atom is -0.0613 e. The fourth-order valence-corrected chi connectivity index (χ4v) is 4.23. The van der Waals surface area contributed by atoms with Crippen LogP contribution < -0.4 is 0 Å². The predicted octanol–water partition coefficient (Wildman–Crippen LogP) is 6.61. The summed E-state index contributed by atoms with van der Waals surface area (Å²) < 4.78 is 0. The van der Waals surface area contributed by atoms with Gasteiger partial charge >= 0.3 is 0 Å². The van der Waals surface area contributed by atoms with Gasteiger partial charge in [0.05, 0.1) is 0 Å². The minimum atomic E-state index is 1.07.